The fourth-order valence-electron chi connectivity index (χ4n) is 5.84. The Morgan fingerprint density at radius 1 is 0.955 bits per heavy atom. The molecule has 3 aliphatic carbocycles. The van der Waals surface area contributed by atoms with Crippen LogP contribution in [0, 0.1) is 23.2 Å². The lowest BCUT2D eigenvalue weighted by Crippen LogP contribution is -2.47. The van der Waals surface area contributed by atoms with Crippen LogP contribution in [0.1, 0.15) is 51.4 Å². The summed E-state index contributed by atoms with van der Waals surface area (Å²) in [6.07, 6.45) is 7.05. The van der Waals surface area contributed by atoms with E-state index in [1.807, 2.05) is 0 Å². The van der Waals surface area contributed by atoms with Crippen molar-refractivity contribution in [1.29, 1.82) is 0 Å². The van der Waals surface area contributed by atoms with Crippen LogP contribution in [-0.4, -0.2) is 30.0 Å². The molecule has 122 valence electrons. The molecule has 0 aromatic carbocycles. The Kier molecular flexibility index (Phi) is 2.63. The zero-order valence-electron chi connectivity index (χ0n) is 12.8. The van der Waals surface area contributed by atoms with Crippen LogP contribution in [0.5, 0.6) is 0 Å². The zero-order valence-corrected chi connectivity index (χ0v) is 12.8. The number of alkyl halides is 2. The van der Waals surface area contributed by atoms with Crippen molar-refractivity contribution in [2.45, 2.75) is 75.4 Å². The van der Waals surface area contributed by atoms with Crippen molar-refractivity contribution in [2.24, 2.45) is 23.2 Å². The van der Waals surface area contributed by atoms with Crippen molar-refractivity contribution in [3.05, 3.63) is 0 Å². The van der Waals surface area contributed by atoms with Gasteiger partial charge in [0.15, 0.2) is 0 Å². The number of rotatable bonds is 2. The van der Waals surface area contributed by atoms with E-state index in [9.17, 15) is 13.6 Å². The molecule has 0 radical (unpaired) electrons. The van der Waals surface area contributed by atoms with E-state index in [-0.39, 0.29) is 17.4 Å². The fraction of sp³-hybridized carbons (Fsp3) is 0.941. The third-order valence-electron chi connectivity index (χ3n) is 7.31. The van der Waals surface area contributed by atoms with Crippen LogP contribution < -0.4 is 10.6 Å². The van der Waals surface area contributed by atoms with Crippen molar-refractivity contribution in [3.63, 3.8) is 0 Å². The molecule has 5 aliphatic rings. The Balaban J connectivity index is 1.22. The minimum Gasteiger partial charge on any atom is -0.353 e. The first-order valence-electron chi connectivity index (χ1n) is 8.95. The highest BCUT2D eigenvalue weighted by atomic mass is 19.3. The highest BCUT2D eigenvalue weighted by molar-refractivity contribution is 5.86. The SMILES string of the molecule is O=C(NC1CCC2C(CC1)C2(F)F)[C@@]12C[C@H]3CC[C@H](N3)[C@@H]1C2. The number of carbonyl (C=O) groups is 1. The van der Waals surface area contributed by atoms with Gasteiger partial charge in [-0.15, -0.1) is 0 Å². The second kappa shape index (κ2) is 4.22. The molecule has 0 spiro atoms. The van der Waals surface area contributed by atoms with E-state index in [2.05, 4.69) is 10.6 Å². The topological polar surface area (TPSA) is 41.1 Å². The van der Waals surface area contributed by atoms with Gasteiger partial charge in [0.05, 0.1) is 5.41 Å². The maximum Gasteiger partial charge on any atom is 0.254 e. The molecule has 2 unspecified atom stereocenters. The van der Waals surface area contributed by atoms with Gasteiger partial charge in [-0.25, -0.2) is 8.78 Å². The lowest BCUT2D eigenvalue weighted by atomic mass is 9.89. The summed E-state index contributed by atoms with van der Waals surface area (Å²) in [6, 6.07) is 1.19. The van der Waals surface area contributed by atoms with Gasteiger partial charge in [0.1, 0.15) is 0 Å². The summed E-state index contributed by atoms with van der Waals surface area (Å²) in [6.45, 7) is 0. The highest BCUT2D eigenvalue weighted by Crippen LogP contribution is 2.63. The summed E-state index contributed by atoms with van der Waals surface area (Å²) in [7, 11) is 0. The van der Waals surface area contributed by atoms with Crippen LogP contribution in [0.25, 0.3) is 0 Å². The Hall–Kier alpha value is -0.710. The molecule has 22 heavy (non-hydrogen) atoms. The van der Waals surface area contributed by atoms with Gasteiger partial charge in [-0.05, 0) is 57.3 Å². The molecule has 2 saturated heterocycles. The van der Waals surface area contributed by atoms with Gasteiger partial charge in [-0.2, -0.15) is 0 Å². The normalized spacial score (nSPS) is 53.9. The molecule has 2 aliphatic heterocycles. The van der Waals surface area contributed by atoms with Gasteiger partial charge in [0.25, 0.3) is 5.92 Å². The van der Waals surface area contributed by atoms with E-state index in [4.69, 9.17) is 0 Å². The summed E-state index contributed by atoms with van der Waals surface area (Å²) in [5.74, 6) is -2.48. The van der Waals surface area contributed by atoms with E-state index in [0.717, 1.165) is 25.7 Å². The molecule has 2 heterocycles. The summed E-state index contributed by atoms with van der Waals surface area (Å²) in [5.41, 5.74) is -0.115. The number of piperidine rings is 1. The van der Waals surface area contributed by atoms with Crippen molar-refractivity contribution in [3.8, 4) is 0 Å². The number of amides is 1. The smallest absolute Gasteiger partial charge is 0.254 e. The van der Waals surface area contributed by atoms with Crippen LogP contribution in [0.3, 0.4) is 0 Å². The minimum absolute atomic E-state index is 0.115. The predicted molar refractivity (Wildman–Crippen MR) is 77.4 cm³/mol. The first-order valence-corrected chi connectivity index (χ1v) is 8.95. The minimum atomic E-state index is -2.41. The fourth-order valence-corrected chi connectivity index (χ4v) is 5.84. The van der Waals surface area contributed by atoms with Gasteiger partial charge >= 0.3 is 0 Å². The highest BCUT2D eigenvalue weighted by Gasteiger charge is 2.68. The molecule has 2 N–H and O–H groups in total. The van der Waals surface area contributed by atoms with E-state index in [1.165, 1.54) is 12.8 Å². The average molecular weight is 310 g/mol. The molecule has 5 heteroatoms. The quantitative estimate of drug-likeness (QED) is 0.822. The maximum absolute atomic E-state index is 13.4. The van der Waals surface area contributed by atoms with E-state index in [0.29, 0.717) is 30.8 Å². The first-order chi connectivity index (χ1) is 10.5. The van der Waals surface area contributed by atoms with Crippen molar-refractivity contribution >= 4 is 5.91 Å². The van der Waals surface area contributed by atoms with Gasteiger partial charge in [-0.1, -0.05) is 0 Å². The van der Waals surface area contributed by atoms with Crippen LogP contribution in [0.2, 0.25) is 0 Å². The molecule has 3 nitrogen and oxygen atoms in total. The summed E-state index contributed by atoms with van der Waals surface area (Å²) in [5, 5.41) is 6.87. The Morgan fingerprint density at radius 2 is 1.68 bits per heavy atom. The molecular weight excluding hydrogens is 286 g/mol. The van der Waals surface area contributed by atoms with Crippen LogP contribution in [0.4, 0.5) is 8.78 Å². The number of fused-ring (bicyclic) bond motifs is 5. The Labute approximate surface area is 129 Å². The van der Waals surface area contributed by atoms with Gasteiger partial charge < -0.3 is 10.6 Å². The number of hydrogen-bond donors (Lipinski definition) is 2. The summed E-state index contributed by atoms with van der Waals surface area (Å²) < 4.78 is 26.9. The van der Waals surface area contributed by atoms with Crippen molar-refractivity contribution in [2.75, 3.05) is 0 Å². The predicted octanol–water partition coefficient (Wildman–Crippen LogP) is 2.46. The lowest BCUT2D eigenvalue weighted by molar-refractivity contribution is -0.128. The molecule has 3 saturated carbocycles. The molecular formula is C17H24F2N2O. The van der Waals surface area contributed by atoms with E-state index < -0.39 is 17.8 Å². The third-order valence-corrected chi connectivity index (χ3v) is 7.31. The van der Waals surface area contributed by atoms with Crippen molar-refractivity contribution in [1.82, 2.24) is 10.6 Å². The number of nitrogens with one attached hydrogen (secondary N) is 2. The molecule has 5 fully saturated rings. The lowest BCUT2D eigenvalue weighted by Gasteiger charge is -2.29. The number of hydrogen-bond acceptors (Lipinski definition) is 2. The van der Waals surface area contributed by atoms with Crippen molar-refractivity contribution < 1.29 is 13.6 Å². The molecule has 5 rings (SSSR count). The molecule has 0 aromatic rings. The largest absolute Gasteiger partial charge is 0.353 e. The van der Waals surface area contributed by atoms with E-state index >= 15 is 0 Å². The second-order valence-corrected chi connectivity index (χ2v) is 8.43. The molecule has 0 aromatic heterocycles. The van der Waals surface area contributed by atoms with Gasteiger partial charge in [-0.3, -0.25) is 4.79 Å². The standard InChI is InChI=1S/C17H24F2N2O/c18-17(19)11-4-1-9(2-5-12(11)17)21-15(22)16-7-10-3-6-14(20-10)13(16)8-16/h9-14,20H,1-8H2,(H,21,22)/t9?,10-,11?,12?,13+,14+,16-/m1/s1. The molecule has 2 bridgehead atoms. The number of carbonyl (C=O) groups excluding carboxylic acids is 1. The Morgan fingerprint density at radius 3 is 2.41 bits per heavy atom. The first kappa shape index (κ1) is 13.7. The summed E-state index contributed by atoms with van der Waals surface area (Å²) in [4.78, 5) is 12.8. The molecule has 1 amide bonds. The maximum atomic E-state index is 13.4. The Bertz CT molecular complexity index is 509. The van der Waals surface area contributed by atoms with Crippen LogP contribution in [-0.2, 0) is 4.79 Å². The van der Waals surface area contributed by atoms with Crippen LogP contribution in [0.15, 0.2) is 0 Å². The number of halogens is 2. The summed E-state index contributed by atoms with van der Waals surface area (Å²) >= 11 is 0. The van der Waals surface area contributed by atoms with Crippen LogP contribution >= 0.6 is 0 Å². The van der Waals surface area contributed by atoms with Gasteiger partial charge in [0, 0.05) is 30.0 Å². The molecule has 6 atom stereocenters. The van der Waals surface area contributed by atoms with E-state index in [1.54, 1.807) is 0 Å². The monoisotopic (exact) mass is 310 g/mol. The second-order valence-electron chi connectivity index (χ2n) is 8.43. The zero-order chi connectivity index (χ0) is 15.1. The average Bonchev–Trinajstić information content (AvgIpc) is 3.29. The third kappa shape index (κ3) is 1.78. The van der Waals surface area contributed by atoms with Gasteiger partial charge in [0.2, 0.25) is 5.91 Å².